The Bertz CT molecular complexity index is 1730. The zero-order chi connectivity index (χ0) is 34.1. The fraction of sp³-hybridized carbons (Fsp3) is 0.270. The molecule has 3 N–H and O–H groups in total. The number of aliphatic hydroxyl groups is 2. The first-order chi connectivity index (χ1) is 22.5. The number of hydrogen-bond acceptors (Lipinski definition) is 7. The molecular weight excluding hydrogens is 603 g/mol. The van der Waals surface area contributed by atoms with Gasteiger partial charge >= 0.3 is 11.9 Å². The Balaban J connectivity index is 1.86. The second kappa shape index (κ2) is 16.0. The van der Waals surface area contributed by atoms with Gasteiger partial charge in [-0.15, -0.1) is 0 Å². The topological polar surface area (TPSA) is 127 Å². The number of halogens is 1. The van der Waals surface area contributed by atoms with Gasteiger partial charge in [-0.25, -0.2) is 9.18 Å². The number of esters is 2. The molecule has 1 amide bonds. The van der Waals surface area contributed by atoms with E-state index in [4.69, 9.17) is 4.74 Å². The van der Waals surface area contributed by atoms with E-state index in [9.17, 15) is 29.0 Å². The molecule has 4 rings (SSSR count). The van der Waals surface area contributed by atoms with E-state index in [2.05, 4.69) is 10.1 Å². The predicted octanol–water partition coefficient (Wildman–Crippen LogP) is 5.95. The highest BCUT2D eigenvalue weighted by atomic mass is 19.1. The highest BCUT2D eigenvalue weighted by Crippen LogP contribution is 2.42. The number of methoxy groups -OCH3 is 2. The molecule has 47 heavy (non-hydrogen) atoms. The minimum atomic E-state index is -1.13. The average Bonchev–Trinajstić information content (AvgIpc) is 3.42. The smallest absolute Gasteiger partial charge is 0.337 e. The van der Waals surface area contributed by atoms with Crippen molar-refractivity contribution < 1.29 is 38.5 Å². The van der Waals surface area contributed by atoms with Crippen molar-refractivity contribution in [3.05, 3.63) is 113 Å². The van der Waals surface area contributed by atoms with Crippen LogP contribution in [0.5, 0.6) is 0 Å². The molecule has 0 saturated carbocycles. The number of carbonyl (C=O) groups excluding carboxylic acids is 3. The number of hydrogen-bond donors (Lipinski definition) is 3. The number of nitrogens with one attached hydrogen (secondary N) is 1. The van der Waals surface area contributed by atoms with Gasteiger partial charge in [-0.05, 0) is 60.9 Å². The number of nitrogens with zero attached hydrogens (tertiary/aromatic N) is 1. The molecule has 0 aliphatic rings. The Morgan fingerprint density at radius 1 is 0.894 bits per heavy atom. The first-order valence-corrected chi connectivity index (χ1v) is 15.2. The van der Waals surface area contributed by atoms with Crippen LogP contribution in [0.3, 0.4) is 0 Å². The molecule has 0 fully saturated rings. The van der Waals surface area contributed by atoms with E-state index < -0.39 is 35.9 Å². The highest BCUT2D eigenvalue weighted by molar-refractivity contribution is 6.06. The van der Waals surface area contributed by atoms with E-state index in [0.29, 0.717) is 39.2 Å². The van der Waals surface area contributed by atoms with E-state index >= 15 is 0 Å². The third-order valence-corrected chi connectivity index (χ3v) is 7.59. The number of rotatable bonds is 13. The monoisotopic (exact) mass is 642 g/mol. The minimum absolute atomic E-state index is 0.120. The van der Waals surface area contributed by atoms with Gasteiger partial charge in [0.05, 0.1) is 38.4 Å². The first kappa shape index (κ1) is 34.8. The summed E-state index contributed by atoms with van der Waals surface area (Å²) in [6.07, 6.45) is 0.521. The lowest BCUT2D eigenvalue weighted by molar-refractivity contribution is -0.143. The van der Waals surface area contributed by atoms with Crippen LogP contribution < -0.4 is 5.32 Å². The largest absolute Gasteiger partial charge is 0.469 e. The Kier molecular flexibility index (Phi) is 11.8. The molecule has 4 aromatic rings. The summed E-state index contributed by atoms with van der Waals surface area (Å²) in [5.74, 6) is -1.89. The zero-order valence-electron chi connectivity index (χ0n) is 26.8. The summed E-state index contributed by atoms with van der Waals surface area (Å²) in [6, 6.07) is 21.8. The van der Waals surface area contributed by atoms with E-state index in [1.807, 2.05) is 48.7 Å². The number of benzene rings is 3. The van der Waals surface area contributed by atoms with Crippen LogP contribution in [0.2, 0.25) is 0 Å². The number of carbonyl (C=O) groups is 3. The molecule has 0 spiro atoms. The maximum Gasteiger partial charge on any atom is 0.337 e. The van der Waals surface area contributed by atoms with Crippen molar-refractivity contribution in [2.45, 2.75) is 51.5 Å². The van der Waals surface area contributed by atoms with Crippen LogP contribution in [0.1, 0.15) is 64.8 Å². The number of amides is 1. The second-order valence-corrected chi connectivity index (χ2v) is 11.3. The summed E-state index contributed by atoms with van der Waals surface area (Å²) in [7, 11) is 2.52. The van der Waals surface area contributed by atoms with Gasteiger partial charge in [0, 0.05) is 35.8 Å². The highest BCUT2D eigenvalue weighted by Gasteiger charge is 2.29. The van der Waals surface area contributed by atoms with Gasteiger partial charge in [0.1, 0.15) is 11.5 Å². The quantitative estimate of drug-likeness (QED) is 0.154. The molecule has 2 atom stereocenters. The van der Waals surface area contributed by atoms with Crippen LogP contribution in [0.25, 0.3) is 28.3 Å². The Morgan fingerprint density at radius 2 is 1.57 bits per heavy atom. The molecule has 1 aromatic heterocycles. The van der Waals surface area contributed by atoms with Crippen molar-refractivity contribution in [2.24, 2.45) is 0 Å². The van der Waals surface area contributed by atoms with Gasteiger partial charge in [0.15, 0.2) is 0 Å². The summed E-state index contributed by atoms with van der Waals surface area (Å²) in [6.45, 7) is 3.97. The van der Waals surface area contributed by atoms with Gasteiger partial charge in [-0.2, -0.15) is 0 Å². The fourth-order valence-corrected chi connectivity index (χ4v) is 5.44. The van der Waals surface area contributed by atoms with Gasteiger partial charge in [-0.1, -0.05) is 60.7 Å². The number of ether oxygens (including phenoxy) is 2. The molecule has 1 heterocycles. The van der Waals surface area contributed by atoms with Crippen molar-refractivity contribution in [1.82, 2.24) is 9.88 Å². The van der Waals surface area contributed by atoms with Gasteiger partial charge in [0.2, 0.25) is 0 Å². The Labute approximate surface area is 273 Å². The summed E-state index contributed by atoms with van der Waals surface area (Å²) in [5.41, 5.74) is 4.60. The molecular formula is C37H39FN2O7. The van der Waals surface area contributed by atoms with Crippen LogP contribution in [-0.4, -0.2) is 59.1 Å². The lowest BCUT2D eigenvalue weighted by Crippen LogP contribution is -2.27. The van der Waals surface area contributed by atoms with Crippen LogP contribution in [0.4, 0.5) is 4.39 Å². The van der Waals surface area contributed by atoms with Crippen molar-refractivity contribution in [2.75, 3.05) is 14.2 Å². The van der Waals surface area contributed by atoms with Crippen LogP contribution in [0.15, 0.2) is 84.9 Å². The Hall–Kier alpha value is -5.06. The molecule has 0 unspecified atom stereocenters. The summed E-state index contributed by atoms with van der Waals surface area (Å²) < 4.78 is 25.4. The molecule has 0 bridgehead atoms. The lowest BCUT2D eigenvalue weighted by atomic mass is 9.94. The van der Waals surface area contributed by atoms with E-state index in [1.165, 1.54) is 32.4 Å². The second-order valence-electron chi connectivity index (χ2n) is 11.3. The van der Waals surface area contributed by atoms with Gasteiger partial charge < -0.3 is 29.6 Å². The van der Waals surface area contributed by atoms with Gasteiger partial charge in [0.25, 0.3) is 5.91 Å². The molecule has 0 aliphatic heterocycles. The molecule has 9 nitrogen and oxygen atoms in total. The van der Waals surface area contributed by atoms with Crippen molar-refractivity contribution in [3.8, 4) is 22.3 Å². The molecule has 3 aromatic carbocycles. The van der Waals surface area contributed by atoms with Crippen molar-refractivity contribution in [3.63, 3.8) is 0 Å². The van der Waals surface area contributed by atoms with Crippen molar-refractivity contribution >= 4 is 23.9 Å². The molecule has 246 valence electrons. The van der Waals surface area contributed by atoms with E-state index in [-0.39, 0.29) is 25.4 Å². The molecule has 0 saturated heterocycles. The summed E-state index contributed by atoms with van der Waals surface area (Å²) in [4.78, 5) is 37.9. The van der Waals surface area contributed by atoms with E-state index in [0.717, 1.165) is 5.56 Å². The van der Waals surface area contributed by atoms with Crippen LogP contribution in [0, 0.1) is 5.82 Å². The van der Waals surface area contributed by atoms with Crippen LogP contribution >= 0.6 is 0 Å². The maximum atomic E-state index is 14.2. The third kappa shape index (κ3) is 8.60. The summed E-state index contributed by atoms with van der Waals surface area (Å²) >= 11 is 0. The summed E-state index contributed by atoms with van der Waals surface area (Å²) in [5, 5.41) is 24.1. The molecule has 0 radical (unpaired) electrons. The minimum Gasteiger partial charge on any atom is -0.469 e. The zero-order valence-corrected chi connectivity index (χ0v) is 26.8. The van der Waals surface area contributed by atoms with Gasteiger partial charge in [-0.3, -0.25) is 9.59 Å². The first-order valence-electron chi connectivity index (χ1n) is 15.2. The number of aromatic nitrogens is 1. The molecule has 0 aliphatic carbocycles. The third-order valence-electron chi connectivity index (χ3n) is 7.59. The maximum absolute atomic E-state index is 14.2. The molecule has 10 heteroatoms. The predicted molar refractivity (Wildman–Crippen MR) is 177 cm³/mol. The standard InChI is InChI=1S/C37H39FN2O7/c1-23(2)40-31(18-17-29(41)20-30(42)21-32(43)46-3)33(26-13-15-28(38)16-14-26)34(25-10-6-5-7-11-25)35(40)36(44)39-22-24-9-8-12-27(19-24)37(45)47-4/h5-19,23,29-30,41-42H,20-22H2,1-4H3,(H,39,44)/t29-,30-/m1/s1. The average molecular weight is 643 g/mol. The SMILES string of the molecule is COC(=O)C[C@H](O)C[C@H](O)C=Cc1c(-c2ccc(F)cc2)c(-c2ccccc2)c(C(=O)NCc2cccc(C(=O)OC)c2)n1C(C)C. The lowest BCUT2D eigenvalue weighted by Gasteiger charge is -2.17. The van der Waals surface area contributed by atoms with Crippen molar-refractivity contribution in [1.29, 1.82) is 0 Å². The normalized spacial score (nSPS) is 12.6. The number of aliphatic hydroxyl groups excluding tert-OH is 2. The Morgan fingerprint density at radius 3 is 2.21 bits per heavy atom. The van der Waals surface area contributed by atoms with Crippen LogP contribution in [-0.2, 0) is 20.8 Å². The fourth-order valence-electron chi connectivity index (χ4n) is 5.44. The van der Waals surface area contributed by atoms with E-state index in [1.54, 1.807) is 42.5 Å².